The highest BCUT2D eigenvalue weighted by molar-refractivity contribution is 6.31. The van der Waals surface area contributed by atoms with Crippen molar-refractivity contribution < 1.29 is 13.9 Å². The van der Waals surface area contributed by atoms with Crippen LogP contribution in [0.5, 0.6) is 5.75 Å². The average molecular weight is 295 g/mol. The second kappa shape index (κ2) is 5.79. The SMILES string of the molecule is COc1cccc(C(=O)Nc2cc(F)cc(Cl)c2)c1N. The van der Waals surface area contributed by atoms with Crippen molar-refractivity contribution in [3.05, 3.63) is 52.8 Å². The molecule has 0 saturated heterocycles. The number of nitrogens with one attached hydrogen (secondary N) is 1. The summed E-state index contributed by atoms with van der Waals surface area (Å²) in [6.07, 6.45) is 0. The molecule has 20 heavy (non-hydrogen) atoms. The highest BCUT2D eigenvalue weighted by Crippen LogP contribution is 2.26. The van der Waals surface area contributed by atoms with Crippen LogP contribution in [0.1, 0.15) is 10.4 Å². The number of benzene rings is 2. The summed E-state index contributed by atoms with van der Waals surface area (Å²) in [7, 11) is 1.46. The number of carbonyl (C=O) groups excluding carboxylic acids is 1. The normalized spacial score (nSPS) is 10.2. The predicted octanol–water partition coefficient (Wildman–Crippen LogP) is 3.32. The molecule has 0 bridgehead atoms. The van der Waals surface area contributed by atoms with Gasteiger partial charge in [0.2, 0.25) is 0 Å². The molecular weight excluding hydrogens is 283 g/mol. The molecule has 2 aromatic rings. The average Bonchev–Trinajstić information content (AvgIpc) is 2.37. The summed E-state index contributed by atoms with van der Waals surface area (Å²) in [5.41, 5.74) is 6.53. The van der Waals surface area contributed by atoms with E-state index in [0.717, 1.165) is 6.07 Å². The van der Waals surface area contributed by atoms with Crippen molar-refractivity contribution in [2.75, 3.05) is 18.2 Å². The van der Waals surface area contributed by atoms with Crippen LogP contribution in [0, 0.1) is 5.82 Å². The predicted molar refractivity (Wildman–Crippen MR) is 76.8 cm³/mol. The van der Waals surface area contributed by atoms with Crippen molar-refractivity contribution in [3.8, 4) is 5.75 Å². The Kier molecular flexibility index (Phi) is 4.10. The van der Waals surface area contributed by atoms with E-state index in [2.05, 4.69) is 5.32 Å². The van der Waals surface area contributed by atoms with Gasteiger partial charge in [0.25, 0.3) is 5.91 Å². The Morgan fingerprint density at radius 2 is 2.10 bits per heavy atom. The van der Waals surface area contributed by atoms with Gasteiger partial charge in [-0.15, -0.1) is 0 Å². The first kappa shape index (κ1) is 14.1. The summed E-state index contributed by atoms with van der Waals surface area (Å²) < 4.78 is 18.2. The fourth-order valence-corrected chi connectivity index (χ4v) is 1.97. The van der Waals surface area contributed by atoms with Crippen LogP contribution in [0.3, 0.4) is 0 Å². The van der Waals surface area contributed by atoms with Crippen LogP contribution in [0.2, 0.25) is 5.02 Å². The number of carbonyl (C=O) groups is 1. The van der Waals surface area contributed by atoms with E-state index in [1.54, 1.807) is 18.2 Å². The minimum Gasteiger partial charge on any atom is -0.495 e. The van der Waals surface area contributed by atoms with Crippen molar-refractivity contribution in [1.29, 1.82) is 0 Å². The minimum atomic E-state index is -0.536. The van der Waals surface area contributed by atoms with E-state index in [-0.39, 0.29) is 22.0 Å². The molecule has 0 aliphatic carbocycles. The third-order valence-corrected chi connectivity index (χ3v) is 2.87. The van der Waals surface area contributed by atoms with E-state index >= 15 is 0 Å². The molecule has 104 valence electrons. The van der Waals surface area contributed by atoms with E-state index in [0.29, 0.717) is 5.75 Å². The van der Waals surface area contributed by atoms with Gasteiger partial charge < -0.3 is 15.8 Å². The van der Waals surface area contributed by atoms with E-state index in [1.807, 2.05) is 0 Å². The lowest BCUT2D eigenvalue weighted by molar-refractivity contribution is 0.102. The zero-order chi connectivity index (χ0) is 14.7. The second-order valence-corrected chi connectivity index (χ2v) is 4.47. The zero-order valence-electron chi connectivity index (χ0n) is 10.6. The maximum Gasteiger partial charge on any atom is 0.257 e. The summed E-state index contributed by atoms with van der Waals surface area (Å²) in [6.45, 7) is 0. The summed E-state index contributed by atoms with van der Waals surface area (Å²) in [5, 5.41) is 2.73. The standard InChI is InChI=1S/C14H12ClFN2O2/c1-20-12-4-2-3-11(13(12)17)14(19)18-10-6-8(15)5-9(16)7-10/h2-7H,17H2,1H3,(H,18,19). The summed E-state index contributed by atoms with van der Waals surface area (Å²) >= 11 is 5.72. The molecule has 4 nitrogen and oxygen atoms in total. The number of methoxy groups -OCH3 is 1. The first-order valence-electron chi connectivity index (χ1n) is 5.71. The van der Waals surface area contributed by atoms with Gasteiger partial charge in [0.1, 0.15) is 11.6 Å². The number of nitrogens with two attached hydrogens (primary N) is 1. The summed E-state index contributed by atoms with van der Waals surface area (Å²) in [5.74, 6) is -0.607. The first-order chi connectivity index (χ1) is 9.51. The van der Waals surface area contributed by atoms with Gasteiger partial charge in [0.05, 0.1) is 18.4 Å². The quantitative estimate of drug-likeness (QED) is 0.854. The number of ether oxygens (including phenoxy) is 1. The number of para-hydroxylation sites is 1. The number of amides is 1. The van der Waals surface area contributed by atoms with E-state index in [1.165, 1.54) is 19.2 Å². The molecular formula is C14H12ClFN2O2. The van der Waals surface area contributed by atoms with Crippen LogP contribution in [0.15, 0.2) is 36.4 Å². The Morgan fingerprint density at radius 1 is 1.35 bits per heavy atom. The maximum absolute atomic E-state index is 13.2. The molecule has 0 fully saturated rings. The molecule has 0 radical (unpaired) electrons. The van der Waals surface area contributed by atoms with Gasteiger partial charge in [-0.05, 0) is 30.3 Å². The molecule has 0 aromatic heterocycles. The summed E-state index contributed by atoms with van der Waals surface area (Å²) in [4.78, 5) is 12.1. The van der Waals surface area contributed by atoms with Crippen molar-refractivity contribution in [1.82, 2.24) is 0 Å². The molecule has 0 saturated carbocycles. The molecule has 0 heterocycles. The monoisotopic (exact) mass is 294 g/mol. The number of halogens is 2. The minimum absolute atomic E-state index is 0.193. The molecule has 1 amide bonds. The topological polar surface area (TPSA) is 64.3 Å². The highest BCUT2D eigenvalue weighted by Gasteiger charge is 2.13. The van der Waals surface area contributed by atoms with Crippen LogP contribution in [-0.2, 0) is 0 Å². The Morgan fingerprint density at radius 3 is 2.75 bits per heavy atom. The van der Waals surface area contributed by atoms with E-state index in [4.69, 9.17) is 22.1 Å². The number of hydrogen-bond donors (Lipinski definition) is 2. The van der Waals surface area contributed by atoms with Crippen molar-refractivity contribution in [3.63, 3.8) is 0 Å². The van der Waals surface area contributed by atoms with Gasteiger partial charge in [-0.2, -0.15) is 0 Å². The highest BCUT2D eigenvalue weighted by atomic mass is 35.5. The lowest BCUT2D eigenvalue weighted by atomic mass is 10.1. The number of nitrogen functional groups attached to an aromatic ring is 1. The number of hydrogen-bond acceptors (Lipinski definition) is 3. The Bertz CT molecular complexity index is 641. The van der Waals surface area contributed by atoms with Gasteiger partial charge >= 0.3 is 0 Å². The van der Waals surface area contributed by atoms with Gasteiger partial charge in [-0.1, -0.05) is 17.7 Å². The molecule has 0 aliphatic heterocycles. The molecule has 2 aromatic carbocycles. The molecule has 3 N–H and O–H groups in total. The van der Waals surface area contributed by atoms with Gasteiger partial charge in [-0.25, -0.2) is 4.39 Å². The van der Waals surface area contributed by atoms with Crippen LogP contribution in [0.25, 0.3) is 0 Å². The lowest BCUT2D eigenvalue weighted by Gasteiger charge is -2.10. The zero-order valence-corrected chi connectivity index (χ0v) is 11.4. The Labute approximate surface area is 120 Å². The third kappa shape index (κ3) is 3.00. The van der Waals surface area contributed by atoms with Crippen LogP contribution in [-0.4, -0.2) is 13.0 Å². The molecule has 6 heteroatoms. The second-order valence-electron chi connectivity index (χ2n) is 4.03. The third-order valence-electron chi connectivity index (χ3n) is 2.65. The van der Waals surface area contributed by atoms with Crippen molar-refractivity contribution >= 4 is 28.9 Å². The Balaban J connectivity index is 2.28. The number of anilines is 2. The van der Waals surface area contributed by atoms with E-state index < -0.39 is 11.7 Å². The summed E-state index contributed by atoms with van der Waals surface area (Å²) in [6, 6.07) is 8.60. The van der Waals surface area contributed by atoms with Crippen LogP contribution >= 0.6 is 11.6 Å². The van der Waals surface area contributed by atoms with Crippen molar-refractivity contribution in [2.45, 2.75) is 0 Å². The Hall–Kier alpha value is -2.27. The van der Waals surface area contributed by atoms with Crippen molar-refractivity contribution in [2.24, 2.45) is 0 Å². The molecule has 0 aliphatic rings. The van der Waals surface area contributed by atoms with Gasteiger partial charge in [-0.3, -0.25) is 4.79 Å². The largest absolute Gasteiger partial charge is 0.495 e. The molecule has 0 atom stereocenters. The maximum atomic E-state index is 13.2. The van der Waals surface area contributed by atoms with Gasteiger partial charge in [0.15, 0.2) is 0 Å². The fourth-order valence-electron chi connectivity index (χ4n) is 1.74. The van der Waals surface area contributed by atoms with E-state index in [9.17, 15) is 9.18 Å². The lowest BCUT2D eigenvalue weighted by Crippen LogP contribution is -2.14. The molecule has 0 spiro atoms. The molecule has 0 unspecified atom stereocenters. The van der Waals surface area contributed by atoms with Crippen LogP contribution < -0.4 is 15.8 Å². The van der Waals surface area contributed by atoms with Crippen LogP contribution in [0.4, 0.5) is 15.8 Å². The van der Waals surface area contributed by atoms with Gasteiger partial charge in [0, 0.05) is 10.7 Å². The molecule has 2 rings (SSSR count). The number of rotatable bonds is 3. The fraction of sp³-hybridized carbons (Fsp3) is 0.0714. The smallest absolute Gasteiger partial charge is 0.257 e. The first-order valence-corrected chi connectivity index (χ1v) is 6.09.